The van der Waals surface area contributed by atoms with Gasteiger partial charge in [-0.25, -0.2) is 0 Å². The third-order valence-electron chi connectivity index (χ3n) is 6.15. The summed E-state index contributed by atoms with van der Waals surface area (Å²) in [7, 11) is 4.29. The van der Waals surface area contributed by atoms with Crippen LogP contribution in [0.4, 0.5) is 0 Å². The van der Waals surface area contributed by atoms with Crippen molar-refractivity contribution >= 4 is 0 Å². The van der Waals surface area contributed by atoms with Crippen molar-refractivity contribution < 1.29 is 9.84 Å². The fraction of sp³-hybridized carbons (Fsp3) is 1.00. The lowest BCUT2D eigenvalue weighted by Crippen LogP contribution is -2.57. The monoisotopic (exact) mass is 267 g/mol. The van der Waals surface area contributed by atoms with Gasteiger partial charge in [0.2, 0.25) is 0 Å². The maximum absolute atomic E-state index is 11.0. The lowest BCUT2D eigenvalue weighted by atomic mass is 9.68. The van der Waals surface area contributed by atoms with E-state index in [1.807, 2.05) is 0 Å². The third kappa shape index (κ3) is 2.24. The van der Waals surface area contributed by atoms with E-state index in [-0.39, 0.29) is 17.2 Å². The van der Waals surface area contributed by atoms with Gasteiger partial charge in [0.15, 0.2) is 0 Å². The number of likely N-dealkylation sites (N-methyl/N-ethyl adjacent to an activating group) is 1. The minimum atomic E-state index is -0.175. The van der Waals surface area contributed by atoms with Crippen molar-refractivity contribution in [3.63, 3.8) is 0 Å². The van der Waals surface area contributed by atoms with E-state index in [9.17, 15) is 5.11 Å². The molecule has 0 aromatic rings. The molecule has 1 spiro atoms. The van der Waals surface area contributed by atoms with Crippen LogP contribution in [-0.2, 0) is 4.74 Å². The molecule has 3 nitrogen and oxygen atoms in total. The molecule has 0 amide bonds. The molecule has 2 saturated carbocycles. The second kappa shape index (κ2) is 5.01. The van der Waals surface area contributed by atoms with Crippen LogP contribution in [-0.4, -0.2) is 48.0 Å². The molecule has 0 aromatic carbocycles. The fourth-order valence-electron chi connectivity index (χ4n) is 4.69. The van der Waals surface area contributed by atoms with Gasteiger partial charge in [0.25, 0.3) is 0 Å². The maximum Gasteiger partial charge on any atom is 0.0753 e. The highest BCUT2D eigenvalue weighted by molar-refractivity contribution is 5.04. The first-order chi connectivity index (χ1) is 9.08. The first kappa shape index (κ1) is 13.8. The highest BCUT2D eigenvalue weighted by atomic mass is 16.5. The molecule has 3 heteroatoms. The summed E-state index contributed by atoms with van der Waals surface area (Å²) in [6.45, 7) is 0.852. The van der Waals surface area contributed by atoms with Crippen molar-refractivity contribution in [3.05, 3.63) is 0 Å². The van der Waals surface area contributed by atoms with Gasteiger partial charge in [-0.05, 0) is 65.0 Å². The van der Waals surface area contributed by atoms with Crippen LogP contribution in [0.2, 0.25) is 0 Å². The highest BCUT2D eigenvalue weighted by Crippen LogP contribution is 2.48. The molecular formula is C16H29NO2. The summed E-state index contributed by atoms with van der Waals surface area (Å²) in [6.07, 6.45) is 10.5. The molecule has 2 aliphatic carbocycles. The predicted octanol–water partition coefficient (Wildman–Crippen LogP) is 2.57. The van der Waals surface area contributed by atoms with Gasteiger partial charge < -0.3 is 14.7 Å². The minimum absolute atomic E-state index is 0.0347. The topological polar surface area (TPSA) is 32.7 Å². The zero-order valence-corrected chi connectivity index (χ0v) is 12.5. The Morgan fingerprint density at radius 3 is 2.32 bits per heavy atom. The van der Waals surface area contributed by atoms with E-state index in [0.29, 0.717) is 5.92 Å². The summed E-state index contributed by atoms with van der Waals surface area (Å²) >= 11 is 0. The van der Waals surface area contributed by atoms with Crippen LogP contribution in [0.25, 0.3) is 0 Å². The van der Waals surface area contributed by atoms with Crippen LogP contribution in [0.15, 0.2) is 0 Å². The van der Waals surface area contributed by atoms with E-state index in [0.717, 1.165) is 32.3 Å². The number of aliphatic hydroxyl groups is 1. The molecule has 19 heavy (non-hydrogen) atoms. The molecule has 3 aliphatic rings. The molecule has 0 aromatic heterocycles. The Hall–Kier alpha value is -0.120. The Kier molecular flexibility index (Phi) is 3.65. The van der Waals surface area contributed by atoms with Crippen molar-refractivity contribution in [3.8, 4) is 0 Å². The van der Waals surface area contributed by atoms with E-state index in [1.165, 1.54) is 32.1 Å². The number of aliphatic hydroxyl groups excluding tert-OH is 1. The van der Waals surface area contributed by atoms with Crippen molar-refractivity contribution in [2.45, 2.75) is 75.0 Å². The Balaban J connectivity index is 1.73. The second-order valence-corrected chi connectivity index (χ2v) is 7.29. The van der Waals surface area contributed by atoms with Gasteiger partial charge >= 0.3 is 0 Å². The molecule has 1 aliphatic heterocycles. The molecular weight excluding hydrogens is 238 g/mol. The summed E-state index contributed by atoms with van der Waals surface area (Å²) in [5, 5.41) is 11.0. The number of hydrogen-bond acceptors (Lipinski definition) is 3. The third-order valence-corrected chi connectivity index (χ3v) is 6.15. The molecule has 110 valence electrons. The lowest BCUT2D eigenvalue weighted by molar-refractivity contribution is -0.169. The zero-order valence-electron chi connectivity index (χ0n) is 12.5. The first-order valence-electron chi connectivity index (χ1n) is 8.08. The molecule has 1 saturated heterocycles. The highest BCUT2D eigenvalue weighted by Gasteiger charge is 2.50. The van der Waals surface area contributed by atoms with Gasteiger partial charge in [-0.15, -0.1) is 0 Å². The second-order valence-electron chi connectivity index (χ2n) is 7.29. The van der Waals surface area contributed by atoms with E-state index in [4.69, 9.17) is 4.74 Å². The quantitative estimate of drug-likeness (QED) is 0.853. The van der Waals surface area contributed by atoms with Gasteiger partial charge in [-0.2, -0.15) is 0 Å². The number of ether oxygens (including phenoxy) is 1. The van der Waals surface area contributed by atoms with Gasteiger partial charge in [0.05, 0.1) is 11.7 Å². The molecule has 1 heterocycles. The van der Waals surface area contributed by atoms with Crippen molar-refractivity contribution in [1.29, 1.82) is 0 Å². The smallest absolute Gasteiger partial charge is 0.0753 e. The lowest BCUT2D eigenvalue weighted by Gasteiger charge is -2.51. The van der Waals surface area contributed by atoms with Crippen LogP contribution in [0.1, 0.15) is 57.8 Å². The largest absolute Gasteiger partial charge is 0.391 e. The average Bonchev–Trinajstić information content (AvgIpc) is 2.87. The summed E-state index contributed by atoms with van der Waals surface area (Å²) in [5.74, 6) is 0.439. The van der Waals surface area contributed by atoms with E-state index >= 15 is 0 Å². The normalized spacial score (nSPS) is 34.4. The fourth-order valence-corrected chi connectivity index (χ4v) is 4.69. The first-order valence-corrected chi connectivity index (χ1v) is 8.08. The predicted molar refractivity (Wildman–Crippen MR) is 76.2 cm³/mol. The van der Waals surface area contributed by atoms with Gasteiger partial charge in [-0.3, -0.25) is 0 Å². The van der Waals surface area contributed by atoms with Crippen LogP contribution in [0.5, 0.6) is 0 Å². The molecule has 3 fully saturated rings. The summed E-state index contributed by atoms with van der Waals surface area (Å²) in [6, 6.07) is 0. The molecule has 0 radical (unpaired) electrons. The number of hydrogen-bond donors (Lipinski definition) is 1. The van der Waals surface area contributed by atoms with Gasteiger partial charge in [-0.1, -0.05) is 12.8 Å². The van der Waals surface area contributed by atoms with Crippen LogP contribution in [0.3, 0.4) is 0 Å². The molecule has 3 rings (SSSR count). The summed E-state index contributed by atoms with van der Waals surface area (Å²) in [4.78, 5) is 2.30. The molecule has 2 unspecified atom stereocenters. The van der Waals surface area contributed by atoms with Crippen molar-refractivity contribution in [1.82, 2.24) is 4.90 Å². The Bertz CT molecular complexity index is 319. The Morgan fingerprint density at radius 1 is 1.11 bits per heavy atom. The zero-order chi connectivity index (χ0) is 13.5. The molecule has 0 bridgehead atoms. The van der Waals surface area contributed by atoms with Gasteiger partial charge in [0, 0.05) is 12.1 Å². The van der Waals surface area contributed by atoms with E-state index in [1.54, 1.807) is 0 Å². The van der Waals surface area contributed by atoms with E-state index in [2.05, 4.69) is 19.0 Å². The minimum Gasteiger partial charge on any atom is -0.391 e. The summed E-state index contributed by atoms with van der Waals surface area (Å²) in [5.41, 5.74) is 0.183. The molecule has 1 N–H and O–H groups in total. The Morgan fingerprint density at radius 2 is 1.79 bits per heavy atom. The molecule has 2 atom stereocenters. The summed E-state index contributed by atoms with van der Waals surface area (Å²) < 4.78 is 6.01. The SMILES string of the molecule is CN(C)C1(C(O)C2CCOC3(CCC3)C2)CCCC1. The van der Waals surface area contributed by atoms with E-state index < -0.39 is 0 Å². The number of rotatable bonds is 3. The van der Waals surface area contributed by atoms with Crippen molar-refractivity contribution in [2.24, 2.45) is 5.92 Å². The Labute approximate surface area is 117 Å². The van der Waals surface area contributed by atoms with Gasteiger partial charge in [0.1, 0.15) is 0 Å². The van der Waals surface area contributed by atoms with Crippen LogP contribution in [0, 0.1) is 5.92 Å². The van der Waals surface area contributed by atoms with Crippen molar-refractivity contribution in [2.75, 3.05) is 20.7 Å². The van der Waals surface area contributed by atoms with Crippen LogP contribution >= 0.6 is 0 Å². The maximum atomic E-state index is 11.0. The van der Waals surface area contributed by atoms with Crippen LogP contribution < -0.4 is 0 Å². The standard InChI is InChI=1S/C16H29NO2/c1-17(2)16(9-3-4-10-16)14(18)13-6-11-19-15(12-13)7-5-8-15/h13-14,18H,3-12H2,1-2H3. The average molecular weight is 267 g/mol. The number of nitrogens with zero attached hydrogens (tertiary/aromatic N) is 1.